The van der Waals surface area contributed by atoms with Gasteiger partial charge in [-0.05, 0) is 13.8 Å². The Hall–Kier alpha value is -1.92. The highest BCUT2D eigenvalue weighted by atomic mass is 16.5. The van der Waals surface area contributed by atoms with Gasteiger partial charge in [-0.15, -0.1) is 5.10 Å². The molecule has 7 nitrogen and oxygen atoms in total. The number of methoxy groups -OCH3 is 1. The molecule has 1 rings (SSSR count). The minimum atomic E-state index is -0.430. The zero-order valence-corrected chi connectivity index (χ0v) is 10.4. The van der Waals surface area contributed by atoms with Crippen molar-refractivity contribution in [1.82, 2.24) is 10.2 Å². The Kier molecular flexibility index (Phi) is 4.19. The number of esters is 1. The number of nitrogens with zero attached hydrogens (tertiary/aromatic N) is 3. The summed E-state index contributed by atoms with van der Waals surface area (Å²) in [5.74, 6) is -0.537. The summed E-state index contributed by atoms with van der Waals surface area (Å²) in [6.45, 7) is 3.55. The third-order valence-electron chi connectivity index (χ3n) is 2.23. The van der Waals surface area contributed by atoms with Gasteiger partial charge >= 0.3 is 5.97 Å². The maximum atomic E-state index is 11.7. The van der Waals surface area contributed by atoms with E-state index in [2.05, 4.69) is 20.3 Å². The summed E-state index contributed by atoms with van der Waals surface area (Å²) in [6, 6.07) is 0. The highest BCUT2D eigenvalue weighted by Crippen LogP contribution is 2.08. The van der Waals surface area contributed by atoms with Gasteiger partial charge in [-0.2, -0.15) is 5.10 Å². The summed E-state index contributed by atoms with van der Waals surface area (Å²) < 4.78 is 4.54. The summed E-state index contributed by atoms with van der Waals surface area (Å²) in [5, 5.41) is 10.4. The molecule has 94 valence electrons. The first-order valence-corrected chi connectivity index (χ1v) is 5.15. The molecule has 1 N–H and O–H groups in total. The van der Waals surface area contributed by atoms with Gasteiger partial charge in [-0.1, -0.05) is 0 Å². The predicted octanol–water partition coefficient (Wildman–Crippen LogP) is -0.268. The van der Waals surface area contributed by atoms with Gasteiger partial charge in [0.1, 0.15) is 6.17 Å². The number of hydrogen-bond donors (Lipinski definition) is 1. The van der Waals surface area contributed by atoms with Crippen LogP contribution < -0.4 is 5.32 Å². The van der Waals surface area contributed by atoms with Crippen molar-refractivity contribution in [3.8, 4) is 0 Å². The van der Waals surface area contributed by atoms with Crippen LogP contribution in [0, 0.1) is 0 Å². The van der Waals surface area contributed by atoms with Gasteiger partial charge < -0.3 is 15.0 Å². The molecule has 1 saturated heterocycles. The van der Waals surface area contributed by atoms with Gasteiger partial charge in [-0.3, -0.25) is 9.59 Å². The number of likely N-dealkylation sites (N-methyl/N-ethyl adjacent to an activating group) is 1. The summed E-state index contributed by atoms with van der Waals surface area (Å²) >= 11 is 0. The van der Waals surface area contributed by atoms with Crippen molar-refractivity contribution in [1.29, 1.82) is 0 Å². The van der Waals surface area contributed by atoms with Gasteiger partial charge in [-0.25, -0.2) is 0 Å². The highest BCUT2D eigenvalue weighted by molar-refractivity contribution is 6.39. The first kappa shape index (κ1) is 13.1. The minimum absolute atomic E-state index is 0.0760. The lowest BCUT2D eigenvalue weighted by atomic mass is 10.3. The van der Waals surface area contributed by atoms with Crippen LogP contribution in [0.5, 0.6) is 0 Å². The standard InChI is InChI=1S/C10H16N4O3/c1-6(2)12-13-9-10(16)14(3)7(11-9)5-8(15)17-4/h7H,5H2,1-4H3,(H,11,13). The van der Waals surface area contributed by atoms with Crippen molar-refractivity contribution in [3.63, 3.8) is 0 Å². The van der Waals surface area contributed by atoms with Crippen molar-refractivity contribution in [2.24, 2.45) is 10.2 Å². The lowest BCUT2D eigenvalue weighted by molar-refractivity contribution is -0.142. The van der Waals surface area contributed by atoms with Crippen LogP contribution in [0.2, 0.25) is 0 Å². The molecule has 0 saturated carbocycles. The van der Waals surface area contributed by atoms with Crippen molar-refractivity contribution in [3.05, 3.63) is 0 Å². The van der Waals surface area contributed by atoms with Crippen LogP contribution in [0.1, 0.15) is 20.3 Å². The summed E-state index contributed by atoms with van der Waals surface area (Å²) in [4.78, 5) is 24.2. The van der Waals surface area contributed by atoms with Crippen molar-refractivity contribution in [2.75, 3.05) is 14.2 Å². The van der Waals surface area contributed by atoms with Crippen LogP contribution in [-0.4, -0.2) is 48.6 Å². The van der Waals surface area contributed by atoms with Crippen molar-refractivity contribution >= 4 is 23.4 Å². The van der Waals surface area contributed by atoms with E-state index in [1.165, 1.54) is 12.0 Å². The summed E-state index contributed by atoms with van der Waals surface area (Å²) in [5.41, 5.74) is 0.742. The highest BCUT2D eigenvalue weighted by Gasteiger charge is 2.34. The molecule has 0 aromatic rings. The molecule has 1 fully saturated rings. The Bertz CT molecular complexity index is 385. The number of ether oxygens (including phenoxy) is 1. The molecule has 1 heterocycles. The topological polar surface area (TPSA) is 83.4 Å². The molecule has 0 bridgehead atoms. The predicted molar refractivity (Wildman–Crippen MR) is 62.5 cm³/mol. The van der Waals surface area contributed by atoms with E-state index in [4.69, 9.17) is 0 Å². The maximum Gasteiger partial charge on any atom is 0.309 e. The van der Waals surface area contributed by atoms with E-state index in [0.29, 0.717) is 0 Å². The van der Waals surface area contributed by atoms with Crippen LogP contribution in [-0.2, 0) is 14.3 Å². The zero-order valence-electron chi connectivity index (χ0n) is 10.4. The molecule has 1 aliphatic rings. The first-order valence-electron chi connectivity index (χ1n) is 5.15. The van der Waals surface area contributed by atoms with Gasteiger partial charge in [0.2, 0.25) is 5.84 Å². The number of nitrogens with one attached hydrogen (secondary N) is 1. The molecule has 0 aromatic heterocycles. The second-order valence-electron chi connectivity index (χ2n) is 3.85. The third kappa shape index (κ3) is 3.27. The smallest absolute Gasteiger partial charge is 0.309 e. The van der Waals surface area contributed by atoms with Crippen molar-refractivity contribution < 1.29 is 14.3 Å². The molecule has 0 spiro atoms. The Morgan fingerprint density at radius 3 is 2.71 bits per heavy atom. The van der Waals surface area contributed by atoms with E-state index in [9.17, 15) is 9.59 Å². The SMILES string of the molecule is COC(=O)CC1NC(=NN=C(C)C)C(=O)N1C. The fraction of sp³-hybridized carbons (Fsp3) is 0.600. The van der Waals surface area contributed by atoms with Crippen molar-refractivity contribution in [2.45, 2.75) is 26.4 Å². The third-order valence-corrected chi connectivity index (χ3v) is 2.23. The second-order valence-corrected chi connectivity index (χ2v) is 3.85. The Morgan fingerprint density at radius 1 is 1.53 bits per heavy atom. The van der Waals surface area contributed by atoms with Gasteiger partial charge in [0, 0.05) is 12.8 Å². The molecular weight excluding hydrogens is 224 g/mol. The molecule has 1 aliphatic heterocycles. The maximum absolute atomic E-state index is 11.7. The van der Waals surface area contributed by atoms with Gasteiger partial charge in [0.25, 0.3) is 5.91 Å². The molecule has 7 heteroatoms. The molecule has 0 radical (unpaired) electrons. The van der Waals surface area contributed by atoms with E-state index in [1.54, 1.807) is 20.9 Å². The van der Waals surface area contributed by atoms with E-state index >= 15 is 0 Å². The van der Waals surface area contributed by atoms with E-state index < -0.39 is 12.1 Å². The average molecular weight is 240 g/mol. The summed E-state index contributed by atoms with van der Waals surface area (Å²) in [7, 11) is 2.90. The number of hydrogen-bond acceptors (Lipinski definition) is 5. The Balaban J connectivity index is 2.76. The largest absolute Gasteiger partial charge is 0.469 e. The first-order chi connectivity index (χ1) is 7.95. The monoisotopic (exact) mass is 240 g/mol. The molecule has 1 unspecified atom stereocenters. The van der Waals surface area contributed by atoms with Gasteiger partial charge in [0.05, 0.1) is 13.5 Å². The van der Waals surface area contributed by atoms with E-state index in [0.717, 1.165) is 5.71 Å². The Morgan fingerprint density at radius 2 is 2.18 bits per heavy atom. The normalized spacial score (nSPS) is 21.4. The number of rotatable bonds is 3. The number of carbonyl (C=O) groups is 2. The van der Waals surface area contributed by atoms with Crippen LogP contribution in [0.15, 0.2) is 10.2 Å². The molecule has 0 aliphatic carbocycles. The average Bonchev–Trinajstić information content (AvgIpc) is 2.54. The van der Waals surface area contributed by atoms with E-state index in [1.807, 2.05) is 0 Å². The van der Waals surface area contributed by atoms with Gasteiger partial charge in [0.15, 0.2) is 0 Å². The molecule has 17 heavy (non-hydrogen) atoms. The fourth-order valence-electron chi connectivity index (χ4n) is 1.28. The lowest BCUT2D eigenvalue weighted by Crippen LogP contribution is -2.36. The second kappa shape index (κ2) is 5.42. The number of carbonyl (C=O) groups excluding carboxylic acids is 2. The number of amides is 1. The molecular formula is C10H16N4O3. The van der Waals surface area contributed by atoms with Crippen LogP contribution >= 0.6 is 0 Å². The molecule has 0 aromatic carbocycles. The van der Waals surface area contributed by atoms with E-state index in [-0.39, 0.29) is 18.2 Å². The lowest BCUT2D eigenvalue weighted by Gasteiger charge is -2.16. The number of amidine groups is 1. The molecule has 1 amide bonds. The quantitative estimate of drug-likeness (QED) is 0.418. The Labute approximate surface area is 99.5 Å². The van der Waals surface area contributed by atoms with Crippen LogP contribution in [0.3, 0.4) is 0 Å². The zero-order chi connectivity index (χ0) is 13.0. The fourth-order valence-corrected chi connectivity index (χ4v) is 1.28. The van der Waals surface area contributed by atoms with Crippen LogP contribution in [0.4, 0.5) is 0 Å². The minimum Gasteiger partial charge on any atom is -0.469 e. The summed E-state index contributed by atoms with van der Waals surface area (Å²) in [6.07, 6.45) is -0.354. The molecule has 1 atom stereocenters. The van der Waals surface area contributed by atoms with Crippen LogP contribution in [0.25, 0.3) is 0 Å².